The molecule has 0 aromatic heterocycles. The van der Waals surface area contributed by atoms with Crippen LogP contribution in [0.25, 0.3) is 0 Å². The fraction of sp³-hybridized carbons (Fsp3) is 0.538. The summed E-state index contributed by atoms with van der Waals surface area (Å²) in [5, 5.41) is 3.41. The lowest BCUT2D eigenvalue weighted by molar-refractivity contribution is 0.251. The van der Waals surface area contributed by atoms with Crippen LogP contribution in [0, 0.1) is 0 Å². The summed E-state index contributed by atoms with van der Waals surface area (Å²) < 4.78 is 1.17. The van der Waals surface area contributed by atoms with Crippen molar-refractivity contribution in [1.82, 2.24) is 5.32 Å². The largest absolute Gasteiger partial charge is 0.315 e. The Morgan fingerprint density at radius 1 is 1.27 bits per heavy atom. The normalized spacial score (nSPS) is 18.5. The molecule has 0 amide bonds. The average molecular weight is 268 g/mol. The van der Waals surface area contributed by atoms with E-state index in [-0.39, 0.29) is 0 Å². The van der Waals surface area contributed by atoms with Gasteiger partial charge in [0.15, 0.2) is 0 Å². The van der Waals surface area contributed by atoms with E-state index in [0.29, 0.717) is 5.41 Å². The van der Waals surface area contributed by atoms with Crippen LogP contribution >= 0.6 is 15.9 Å². The van der Waals surface area contributed by atoms with Crippen LogP contribution in [-0.4, -0.2) is 13.1 Å². The Morgan fingerprint density at radius 3 is 2.40 bits per heavy atom. The predicted molar refractivity (Wildman–Crippen MR) is 68.2 cm³/mol. The van der Waals surface area contributed by atoms with Gasteiger partial charge >= 0.3 is 0 Å². The average Bonchev–Trinajstić information content (AvgIpc) is 2.19. The van der Waals surface area contributed by atoms with Crippen molar-refractivity contribution in [1.29, 1.82) is 0 Å². The zero-order chi connectivity index (χ0) is 10.7. The SMILES string of the molecule is CCCCC1(c2ccc(Br)cc2)CNC1. The Morgan fingerprint density at radius 2 is 1.93 bits per heavy atom. The summed E-state index contributed by atoms with van der Waals surface area (Å²) in [5.41, 5.74) is 1.93. The first-order chi connectivity index (χ1) is 7.27. The maximum atomic E-state index is 3.49. The van der Waals surface area contributed by atoms with Crippen LogP contribution in [0.15, 0.2) is 28.7 Å². The standard InChI is InChI=1S/C13H18BrN/c1-2-3-8-13(9-15-10-13)11-4-6-12(14)7-5-11/h4-7,15H,2-3,8-10H2,1H3. The molecule has 1 aromatic rings. The lowest BCUT2D eigenvalue weighted by atomic mass is 9.72. The molecule has 1 aliphatic heterocycles. The highest BCUT2D eigenvalue weighted by Gasteiger charge is 2.37. The third-order valence-corrected chi connectivity index (χ3v) is 3.92. The van der Waals surface area contributed by atoms with Gasteiger partial charge in [0.2, 0.25) is 0 Å². The molecule has 1 saturated heterocycles. The second-order valence-corrected chi connectivity index (χ2v) is 5.41. The quantitative estimate of drug-likeness (QED) is 0.881. The van der Waals surface area contributed by atoms with E-state index in [1.165, 1.54) is 29.3 Å². The summed E-state index contributed by atoms with van der Waals surface area (Å²) in [6.45, 7) is 4.56. The van der Waals surface area contributed by atoms with E-state index in [4.69, 9.17) is 0 Å². The Labute approximate surface area is 100 Å². The lowest BCUT2D eigenvalue weighted by Gasteiger charge is -2.43. The first kappa shape index (κ1) is 11.2. The summed E-state index contributed by atoms with van der Waals surface area (Å²) in [4.78, 5) is 0. The second-order valence-electron chi connectivity index (χ2n) is 4.49. The molecule has 1 N–H and O–H groups in total. The third-order valence-electron chi connectivity index (χ3n) is 3.39. The van der Waals surface area contributed by atoms with Gasteiger partial charge in [-0.3, -0.25) is 0 Å². The van der Waals surface area contributed by atoms with Crippen LogP contribution < -0.4 is 5.32 Å². The monoisotopic (exact) mass is 267 g/mol. The molecule has 1 nitrogen and oxygen atoms in total. The molecule has 0 radical (unpaired) electrons. The number of halogens is 1. The van der Waals surface area contributed by atoms with E-state index in [2.05, 4.69) is 52.4 Å². The van der Waals surface area contributed by atoms with Gasteiger partial charge in [-0.1, -0.05) is 47.8 Å². The fourth-order valence-electron chi connectivity index (χ4n) is 2.27. The molecule has 2 rings (SSSR count). The first-order valence-corrected chi connectivity index (χ1v) is 6.53. The summed E-state index contributed by atoms with van der Waals surface area (Å²) in [6, 6.07) is 8.84. The van der Waals surface area contributed by atoms with Gasteiger partial charge in [-0.2, -0.15) is 0 Å². The van der Waals surface area contributed by atoms with Crippen molar-refractivity contribution >= 4 is 15.9 Å². The third kappa shape index (κ3) is 2.26. The lowest BCUT2D eigenvalue weighted by Crippen LogP contribution is -2.56. The molecule has 1 fully saturated rings. The van der Waals surface area contributed by atoms with Crippen molar-refractivity contribution in [3.63, 3.8) is 0 Å². The molecule has 1 aliphatic rings. The number of rotatable bonds is 4. The molecular formula is C13H18BrN. The van der Waals surface area contributed by atoms with Crippen molar-refractivity contribution in [3.8, 4) is 0 Å². The van der Waals surface area contributed by atoms with Gasteiger partial charge in [0.1, 0.15) is 0 Å². The van der Waals surface area contributed by atoms with Gasteiger partial charge in [0.05, 0.1) is 0 Å². The van der Waals surface area contributed by atoms with Gasteiger partial charge in [-0.15, -0.1) is 0 Å². The summed E-state index contributed by atoms with van der Waals surface area (Å²) in [6.07, 6.45) is 3.94. The molecule has 82 valence electrons. The Bertz CT molecular complexity index is 314. The topological polar surface area (TPSA) is 12.0 Å². The first-order valence-electron chi connectivity index (χ1n) is 5.74. The van der Waals surface area contributed by atoms with Gasteiger partial charge < -0.3 is 5.32 Å². The molecule has 0 spiro atoms. The number of unbranched alkanes of at least 4 members (excludes halogenated alkanes) is 1. The zero-order valence-electron chi connectivity index (χ0n) is 9.22. The number of hydrogen-bond donors (Lipinski definition) is 1. The van der Waals surface area contributed by atoms with Crippen LogP contribution in [0.5, 0.6) is 0 Å². The minimum Gasteiger partial charge on any atom is -0.315 e. The van der Waals surface area contributed by atoms with Crippen molar-refractivity contribution in [3.05, 3.63) is 34.3 Å². The minimum atomic E-state index is 0.427. The molecule has 1 aromatic carbocycles. The molecule has 0 saturated carbocycles. The maximum absolute atomic E-state index is 3.49. The van der Waals surface area contributed by atoms with Gasteiger partial charge in [0.25, 0.3) is 0 Å². The van der Waals surface area contributed by atoms with Gasteiger partial charge in [0, 0.05) is 23.0 Å². The highest BCUT2D eigenvalue weighted by atomic mass is 79.9. The molecular weight excluding hydrogens is 250 g/mol. The number of hydrogen-bond acceptors (Lipinski definition) is 1. The van der Waals surface area contributed by atoms with Gasteiger partial charge in [-0.25, -0.2) is 0 Å². The highest BCUT2D eigenvalue weighted by molar-refractivity contribution is 9.10. The van der Waals surface area contributed by atoms with Crippen LogP contribution in [0.3, 0.4) is 0 Å². The van der Waals surface area contributed by atoms with Crippen LogP contribution in [0.1, 0.15) is 31.7 Å². The predicted octanol–water partition coefficient (Wildman–Crippen LogP) is 3.48. The van der Waals surface area contributed by atoms with Crippen molar-refractivity contribution in [2.75, 3.05) is 13.1 Å². The summed E-state index contributed by atoms with van der Waals surface area (Å²) in [5.74, 6) is 0. The molecule has 2 heteroatoms. The number of nitrogens with one attached hydrogen (secondary N) is 1. The number of benzene rings is 1. The van der Waals surface area contributed by atoms with E-state index in [9.17, 15) is 0 Å². The van der Waals surface area contributed by atoms with E-state index in [0.717, 1.165) is 13.1 Å². The van der Waals surface area contributed by atoms with E-state index in [1.807, 2.05) is 0 Å². The van der Waals surface area contributed by atoms with E-state index < -0.39 is 0 Å². The van der Waals surface area contributed by atoms with Gasteiger partial charge in [-0.05, 0) is 24.1 Å². The van der Waals surface area contributed by atoms with Crippen molar-refractivity contribution in [2.24, 2.45) is 0 Å². The maximum Gasteiger partial charge on any atom is 0.0202 e. The highest BCUT2D eigenvalue weighted by Crippen LogP contribution is 2.34. The second kappa shape index (κ2) is 4.67. The molecule has 15 heavy (non-hydrogen) atoms. The molecule has 0 atom stereocenters. The van der Waals surface area contributed by atoms with Crippen molar-refractivity contribution < 1.29 is 0 Å². The summed E-state index contributed by atoms with van der Waals surface area (Å²) >= 11 is 3.49. The Kier molecular flexibility index (Phi) is 3.47. The molecule has 0 bridgehead atoms. The van der Waals surface area contributed by atoms with Crippen LogP contribution in [0.2, 0.25) is 0 Å². The smallest absolute Gasteiger partial charge is 0.0202 e. The van der Waals surface area contributed by atoms with E-state index in [1.54, 1.807) is 0 Å². The van der Waals surface area contributed by atoms with Crippen LogP contribution in [0.4, 0.5) is 0 Å². The molecule has 0 aliphatic carbocycles. The zero-order valence-corrected chi connectivity index (χ0v) is 10.8. The summed E-state index contributed by atoms with van der Waals surface area (Å²) in [7, 11) is 0. The van der Waals surface area contributed by atoms with Crippen LogP contribution in [-0.2, 0) is 5.41 Å². The fourth-order valence-corrected chi connectivity index (χ4v) is 2.53. The Hall–Kier alpha value is -0.340. The van der Waals surface area contributed by atoms with Crippen molar-refractivity contribution in [2.45, 2.75) is 31.6 Å². The molecule has 0 unspecified atom stereocenters. The van der Waals surface area contributed by atoms with E-state index >= 15 is 0 Å². The minimum absolute atomic E-state index is 0.427. The Balaban J connectivity index is 2.14. The molecule has 1 heterocycles.